The molecule has 6 aromatic rings. The predicted molar refractivity (Wildman–Crippen MR) is 142 cm³/mol. The largest absolute Gasteiger partial charge is 0.248 e. The third-order valence-electron chi connectivity index (χ3n) is 6.72. The van der Waals surface area contributed by atoms with Gasteiger partial charge in [-0.15, -0.1) is 11.6 Å². The van der Waals surface area contributed by atoms with Crippen LogP contribution in [0.2, 0.25) is 0 Å². The standard InChI is InChI=1S/C18H15Cl.C13H9N/c19-18-7-3-6-14-16-9-8-12-4-1-2-5-13(12)15(16)10-11-17(14)18;1-3-7-12-10(5-1)9-11-6-2-4-8-13(11)14-12/h1-2,4-5,8-11,18H,3,6-7H2;1-9H. The van der Waals surface area contributed by atoms with Crippen LogP contribution < -0.4 is 0 Å². The second-order valence-electron chi connectivity index (χ2n) is 8.75. The maximum Gasteiger partial charge on any atom is 0.0709 e. The van der Waals surface area contributed by atoms with Crippen molar-refractivity contribution in [2.45, 2.75) is 24.6 Å². The monoisotopic (exact) mass is 445 g/mol. The van der Waals surface area contributed by atoms with Gasteiger partial charge < -0.3 is 0 Å². The number of fused-ring (bicyclic) bond motifs is 7. The van der Waals surface area contributed by atoms with Crippen molar-refractivity contribution >= 4 is 55.0 Å². The van der Waals surface area contributed by atoms with Crippen molar-refractivity contribution in [2.75, 3.05) is 0 Å². The van der Waals surface area contributed by atoms with E-state index in [-0.39, 0.29) is 5.38 Å². The lowest BCUT2D eigenvalue weighted by atomic mass is 9.86. The van der Waals surface area contributed by atoms with E-state index in [0.29, 0.717) is 0 Å². The zero-order valence-corrected chi connectivity index (χ0v) is 19.1. The van der Waals surface area contributed by atoms with Crippen LogP contribution >= 0.6 is 11.6 Å². The van der Waals surface area contributed by atoms with Crippen LogP contribution in [0, 0.1) is 0 Å². The Morgan fingerprint density at radius 1 is 0.606 bits per heavy atom. The van der Waals surface area contributed by atoms with Gasteiger partial charge in [-0.2, -0.15) is 0 Å². The molecule has 160 valence electrons. The summed E-state index contributed by atoms with van der Waals surface area (Å²) in [5.74, 6) is 0. The van der Waals surface area contributed by atoms with Crippen LogP contribution in [0.25, 0.3) is 43.4 Å². The highest BCUT2D eigenvalue weighted by molar-refractivity contribution is 6.21. The average molecular weight is 446 g/mol. The lowest BCUT2D eigenvalue weighted by Gasteiger charge is -2.22. The molecule has 7 rings (SSSR count). The van der Waals surface area contributed by atoms with Gasteiger partial charge in [-0.25, -0.2) is 4.98 Å². The van der Waals surface area contributed by atoms with Crippen LogP contribution in [-0.4, -0.2) is 4.98 Å². The molecule has 0 spiro atoms. The van der Waals surface area contributed by atoms with Crippen molar-refractivity contribution < 1.29 is 0 Å². The van der Waals surface area contributed by atoms with Crippen molar-refractivity contribution in [3.63, 3.8) is 0 Å². The first-order chi connectivity index (χ1) is 16.3. The maximum atomic E-state index is 6.47. The first kappa shape index (κ1) is 20.2. The molecule has 0 aliphatic heterocycles. The third kappa shape index (κ3) is 3.73. The normalized spacial score (nSPS) is 15.4. The molecule has 1 atom stereocenters. The lowest BCUT2D eigenvalue weighted by molar-refractivity contribution is 0.672. The summed E-state index contributed by atoms with van der Waals surface area (Å²) in [6.07, 6.45) is 3.47. The van der Waals surface area contributed by atoms with Crippen LogP contribution in [-0.2, 0) is 6.42 Å². The number of aromatic nitrogens is 1. The molecule has 0 bridgehead atoms. The van der Waals surface area contributed by atoms with Gasteiger partial charge >= 0.3 is 0 Å². The molecule has 1 aliphatic carbocycles. The Hall–Kier alpha value is -3.42. The van der Waals surface area contributed by atoms with Gasteiger partial charge in [0, 0.05) is 10.8 Å². The second-order valence-corrected chi connectivity index (χ2v) is 9.28. The van der Waals surface area contributed by atoms with Gasteiger partial charge in [0.1, 0.15) is 0 Å². The van der Waals surface area contributed by atoms with E-state index in [4.69, 9.17) is 11.6 Å². The number of pyridine rings is 1. The molecule has 1 aromatic heterocycles. The Kier molecular flexibility index (Phi) is 5.20. The van der Waals surface area contributed by atoms with Gasteiger partial charge in [-0.05, 0) is 70.1 Å². The van der Waals surface area contributed by atoms with Crippen LogP contribution in [0.4, 0.5) is 0 Å². The highest BCUT2D eigenvalue weighted by atomic mass is 35.5. The van der Waals surface area contributed by atoms with Crippen molar-refractivity contribution in [1.82, 2.24) is 4.98 Å². The van der Waals surface area contributed by atoms with Crippen molar-refractivity contribution in [1.29, 1.82) is 0 Å². The first-order valence-corrected chi connectivity index (χ1v) is 12.0. The van der Waals surface area contributed by atoms with Crippen LogP contribution in [0.1, 0.15) is 29.3 Å². The van der Waals surface area contributed by atoms with E-state index in [1.807, 2.05) is 36.4 Å². The number of benzene rings is 5. The second kappa shape index (κ2) is 8.50. The van der Waals surface area contributed by atoms with Gasteiger partial charge in [0.2, 0.25) is 0 Å². The highest BCUT2D eigenvalue weighted by Crippen LogP contribution is 2.39. The minimum absolute atomic E-state index is 0.194. The molecule has 0 N–H and O–H groups in total. The first-order valence-electron chi connectivity index (χ1n) is 11.6. The number of aryl methyl sites for hydroxylation is 1. The molecule has 1 aliphatic rings. The number of para-hydroxylation sites is 2. The molecule has 1 heterocycles. The smallest absolute Gasteiger partial charge is 0.0709 e. The van der Waals surface area contributed by atoms with E-state index < -0.39 is 0 Å². The summed E-state index contributed by atoms with van der Waals surface area (Å²) in [6, 6.07) is 36.2. The molecule has 0 fully saturated rings. The fraction of sp³-hybridized carbons (Fsp3) is 0.129. The summed E-state index contributed by atoms with van der Waals surface area (Å²) in [5.41, 5.74) is 4.93. The molecule has 33 heavy (non-hydrogen) atoms. The minimum Gasteiger partial charge on any atom is -0.248 e. The Morgan fingerprint density at radius 2 is 1.24 bits per heavy atom. The number of hydrogen-bond donors (Lipinski definition) is 0. The summed E-state index contributed by atoms with van der Waals surface area (Å²) >= 11 is 6.47. The summed E-state index contributed by atoms with van der Waals surface area (Å²) in [4.78, 5) is 4.58. The van der Waals surface area contributed by atoms with E-state index in [1.165, 1.54) is 49.9 Å². The van der Waals surface area contributed by atoms with Crippen molar-refractivity contribution in [2.24, 2.45) is 0 Å². The van der Waals surface area contributed by atoms with E-state index in [2.05, 4.69) is 71.7 Å². The number of rotatable bonds is 0. The summed E-state index contributed by atoms with van der Waals surface area (Å²) in [7, 11) is 0. The zero-order chi connectivity index (χ0) is 22.2. The number of alkyl halides is 1. The van der Waals surface area contributed by atoms with Crippen molar-refractivity contribution in [3.8, 4) is 0 Å². The van der Waals surface area contributed by atoms with E-state index in [1.54, 1.807) is 0 Å². The van der Waals surface area contributed by atoms with Crippen LogP contribution in [0.3, 0.4) is 0 Å². The number of halogens is 1. The zero-order valence-electron chi connectivity index (χ0n) is 18.3. The van der Waals surface area contributed by atoms with Gasteiger partial charge in [-0.3, -0.25) is 0 Å². The molecule has 1 nitrogen and oxygen atoms in total. The molecular formula is C31H24ClN. The average Bonchev–Trinajstić information content (AvgIpc) is 2.87. The minimum atomic E-state index is 0.194. The summed E-state index contributed by atoms with van der Waals surface area (Å²) in [6.45, 7) is 0. The SMILES string of the molecule is ClC1CCCc2c1ccc1c2ccc2ccccc21.c1ccc2nc3ccccc3cc2c1. The van der Waals surface area contributed by atoms with E-state index in [0.717, 1.165) is 23.9 Å². The van der Waals surface area contributed by atoms with Crippen LogP contribution in [0.5, 0.6) is 0 Å². The maximum absolute atomic E-state index is 6.47. The van der Waals surface area contributed by atoms with E-state index in [9.17, 15) is 0 Å². The fourth-order valence-corrected chi connectivity index (χ4v) is 5.43. The Bertz CT molecular complexity index is 1510. The van der Waals surface area contributed by atoms with Crippen molar-refractivity contribution in [3.05, 3.63) is 114 Å². The fourth-order valence-electron chi connectivity index (χ4n) is 5.07. The highest BCUT2D eigenvalue weighted by Gasteiger charge is 2.20. The molecule has 5 aromatic carbocycles. The van der Waals surface area contributed by atoms with E-state index >= 15 is 0 Å². The molecule has 0 radical (unpaired) electrons. The topological polar surface area (TPSA) is 12.9 Å². The number of nitrogens with zero attached hydrogens (tertiary/aromatic N) is 1. The van der Waals surface area contributed by atoms with Gasteiger partial charge in [0.25, 0.3) is 0 Å². The molecule has 0 saturated carbocycles. The predicted octanol–water partition coefficient (Wildman–Crippen LogP) is 9.00. The quantitative estimate of drug-likeness (QED) is 0.129. The van der Waals surface area contributed by atoms with Gasteiger partial charge in [0.15, 0.2) is 0 Å². The molecule has 0 saturated heterocycles. The molecule has 0 amide bonds. The molecule has 1 unspecified atom stereocenters. The van der Waals surface area contributed by atoms with Gasteiger partial charge in [-0.1, -0.05) is 84.9 Å². The Morgan fingerprint density at radius 3 is 2.00 bits per heavy atom. The van der Waals surface area contributed by atoms with Gasteiger partial charge in [0.05, 0.1) is 16.4 Å². The number of hydrogen-bond acceptors (Lipinski definition) is 1. The Balaban J connectivity index is 0.000000131. The lowest BCUT2D eigenvalue weighted by Crippen LogP contribution is -2.05. The van der Waals surface area contributed by atoms with Crippen LogP contribution in [0.15, 0.2) is 103 Å². The molecule has 2 heteroatoms. The molecular weight excluding hydrogens is 422 g/mol. The summed E-state index contributed by atoms with van der Waals surface area (Å²) in [5, 5.41) is 8.01. The Labute approximate surface area is 198 Å². The summed E-state index contributed by atoms with van der Waals surface area (Å²) < 4.78 is 0. The third-order valence-corrected chi connectivity index (χ3v) is 7.17.